The maximum Gasteiger partial charge on any atom is 0.272 e. The molecule has 0 atom stereocenters. The minimum absolute atomic E-state index is 0.0519. The number of nitrogens with two attached hydrogens (primary N) is 1. The smallest absolute Gasteiger partial charge is 0.272 e. The van der Waals surface area contributed by atoms with Gasteiger partial charge in [0.25, 0.3) is 5.56 Å². The van der Waals surface area contributed by atoms with Gasteiger partial charge in [-0.05, 0) is 24.1 Å². The number of guanidine groups is 1. The summed E-state index contributed by atoms with van der Waals surface area (Å²) >= 11 is 0. The molecule has 0 spiro atoms. The fourth-order valence-corrected chi connectivity index (χ4v) is 3.84. The molecule has 0 unspecified atom stereocenters. The summed E-state index contributed by atoms with van der Waals surface area (Å²) in [7, 11) is -3.88. The van der Waals surface area contributed by atoms with Crippen LogP contribution in [-0.4, -0.2) is 38.4 Å². The molecule has 1 heterocycles. The van der Waals surface area contributed by atoms with Gasteiger partial charge in [0, 0.05) is 12.2 Å². The van der Waals surface area contributed by atoms with Crippen molar-refractivity contribution < 1.29 is 18.0 Å². The summed E-state index contributed by atoms with van der Waals surface area (Å²) in [6, 6.07) is 10.1. The second-order valence-electron chi connectivity index (χ2n) is 6.42. The van der Waals surface area contributed by atoms with Crippen molar-refractivity contribution in [1.82, 2.24) is 15.8 Å². The van der Waals surface area contributed by atoms with Crippen LogP contribution in [0.4, 0.5) is 5.69 Å². The molecule has 1 amide bonds. The molecule has 0 aliphatic rings. The molecule has 0 fully saturated rings. The molecule has 0 bridgehead atoms. The lowest BCUT2D eigenvalue weighted by Crippen LogP contribution is -2.35. The predicted molar refractivity (Wildman–Crippen MR) is 112 cm³/mol. The summed E-state index contributed by atoms with van der Waals surface area (Å²) in [6.07, 6.45) is -0.214. The van der Waals surface area contributed by atoms with E-state index in [1.54, 1.807) is 37.3 Å². The third kappa shape index (κ3) is 7.56. The number of amides is 1. The average molecular weight is 436 g/mol. The Bertz CT molecular complexity index is 1050. The Balaban J connectivity index is 2.08. The van der Waals surface area contributed by atoms with E-state index < -0.39 is 21.5 Å². The van der Waals surface area contributed by atoms with Crippen LogP contribution in [0.2, 0.25) is 0 Å². The van der Waals surface area contributed by atoms with Crippen LogP contribution in [0.15, 0.2) is 41.2 Å². The molecule has 162 valence electrons. The lowest BCUT2D eigenvalue weighted by molar-refractivity contribution is -0.120. The second-order valence-corrected chi connectivity index (χ2v) is 8.14. The van der Waals surface area contributed by atoms with Gasteiger partial charge in [0.2, 0.25) is 21.9 Å². The SMILES string of the molecule is Cc1cc(CC(=O)NCCONC(=N)N)c(NS(=O)(=O)Cc2ccccc2)c(=O)[nH]1. The molecule has 1 aromatic carbocycles. The first-order valence-electron chi connectivity index (χ1n) is 8.92. The van der Waals surface area contributed by atoms with Crippen molar-refractivity contribution >= 4 is 27.6 Å². The van der Waals surface area contributed by atoms with Gasteiger partial charge in [-0.3, -0.25) is 24.6 Å². The Hall–Kier alpha value is -3.38. The number of aromatic amines is 1. The number of H-pyrrole nitrogens is 1. The van der Waals surface area contributed by atoms with Crippen molar-refractivity contribution in [2.24, 2.45) is 5.73 Å². The van der Waals surface area contributed by atoms with E-state index in [2.05, 4.69) is 20.5 Å². The quantitative estimate of drug-likeness (QED) is 0.128. The number of hydrogen-bond acceptors (Lipinski definition) is 6. The molecule has 30 heavy (non-hydrogen) atoms. The number of anilines is 1. The molecule has 0 saturated heterocycles. The number of aromatic nitrogens is 1. The van der Waals surface area contributed by atoms with E-state index >= 15 is 0 Å². The molecule has 0 saturated carbocycles. The highest BCUT2D eigenvalue weighted by Crippen LogP contribution is 2.16. The Labute approximate surface area is 173 Å². The van der Waals surface area contributed by atoms with Gasteiger partial charge in [0.05, 0.1) is 18.8 Å². The Morgan fingerprint density at radius 3 is 2.63 bits per heavy atom. The fourth-order valence-electron chi connectivity index (χ4n) is 2.60. The molecule has 2 rings (SSSR count). The minimum atomic E-state index is -3.88. The van der Waals surface area contributed by atoms with Gasteiger partial charge in [-0.1, -0.05) is 30.3 Å². The molecule has 0 radical (unpaired) electrons. The highest BCUT2D eigenvalue weighted by atomic mass is 32.2. The number of carbonyl (C=O) groups is 1. The maximum absolute atomic E-state index is 12.5. The second kappa shape index (κ2) is 10.4. The van der Waals surface area contributed by atoms with Crippen LogP contribution >= 0.6 is 0 Å². The number of pyridine rings is 1. The third-order valence-corrected chi connectivity index (χ3v) is 4.99. The van der Waals surface area contributed by atoms with Gasteiger partial charge in [0.15, 0.2) is 0 Å². The zero-order valence-corrected chi connectivity index (χ0v) is 17.1. The standard InChI is InChI=1S/C18H24N6O5S/c1-12-9-14(10-15(25)21-7-8-29-23-18(19)20)16(17(26)22-12)24-30(27,28)11-13-5-3-2-4-6-13/h2-6,9,24H,7-8,10-11H2,1H3,(H,21,25)(H,22,26)(H4,19,20,23). The first kappa shape index (κ1) is 22.9. The van der Waals surface area contributed by atoms with E-state index in [-0.39, 0.29) is 42.5 Å². The van der Waals surface area contributed by atoms with Crippen LogP contribution in [0, 0.1) is 12.3 Å². The number of nitrogens with one attached hydrogen (secondary N) is 5. The molecule has 0 aliphatic heterocycles. The van der Waals surface area contributed by atoms with Crippen LogP contribution < -0.4 is 26.8 Å². The van der Waals surface area contributed by atoms with Gasteiger partial charge in [-0.15, -0.1) is 0 Å². The van der Waals surface area contributed by atoms with Crippen LogP contribution in [-0.2, 0) is 31.8 Å². The molecule has 2 aromatic rings. The van der Waals surface area contributed by atoms with Crippen molar-refractivity contribution in [3.63, 3.8) is 0 Å². The number of hydrogen-bond donors (Lipinski definition) is 6. The molecular weight excluding hydrogens is 412 g/mol. The summed E-state index contributed by atoms with van der Waals surface area (Å²) < 4.78 is 27.4. The normalized spacial score (nSPS) is 11.0. The molecule has 12 heteroatoms. The van der Waals surface area contributed by atoms with E-state index in [9.17, 15) is 18.0 Å². The predicted octanol–water partition coefficient (Wildman–Crippen LogP) is -0.301. The Kier molecular flexibility index (Phi) is 7.95. The summed E-state index contributed by atoms with van der Waals surface area (Å²) in [5, 5.41) is 9.50. The lowest BCUT2D eigenvalue weighted by Gasteiger charge is -2.13. The average Bonchev–Trinajstić information content (AvgIpc) is 2.64. The highest BCUT2D eigenvalue weighted by Gasteiger charge is 2.19. The van der Waals surface area contributed by atoms with Crippen LogP contribution in [0.25, 0.3) is 0 Å². The van der Waals surface area contributed by atoms with Crippen molar-refractivity contribution in [1.29, 1.82) is 5.41 Å². The number of aryl methyl sites for hydroxylation is 1. The van der Waals surface area contributed by atoms with Crippen molar-refractivity contribution in [2.75, 3.05) is 17.9 Å². The third-order valence-electron chi connectivity index (χ3n) is 3.77. The van der Waals surface area contributed by atoms with Gasteiger partial charge in [0.1, 0.15) is 5.69 Å². The Morgan fingerprint density at radius 2 is 1.97 bits per heavy atom. The van der Waals surface area contributed by atoms with E-state index in [4.69, 9.17) is 16.0 Å². The van der Waals surface area contributed by atoms with Gasteiger partial charge in [-0.25, -0.2) is 13.9 Å². The molecule has 7 N–H and O–H groups in total. The number of rotatable bonds is 10. The van der Waals surface area contributed by atoms with Crippen molar-refractivity contribution in [2.45, 2.75) is 19.1 Å². The van der Waals surface area contributed by atoms with E-state index in [0.717, 1.165) is 0 Å². The lowest BCUT2D eigenvalue weighted by atomic mass is 10.1. The molecule has 11 nitrogen and oxygen atoms in total. The van der Waals surface area contributed by atoms with Crippen molar-refractivity contribution in [3.05, 3.63) is 63.6 Å². The number of benzene rings is 1. The number of hydroxylamine groups is 1. The monoisotopic (exact) mass is 436 g/mol. The Morgan fingerprint density at radius 1 is 1.27 bits per heavy atom. The zero-order chi connectivity index (χ0) is 22.1. The van der Waals surface area contributed by atoms with Crippen LogP contribution in [0.1, 0.15) is 16.8 Å². The van der Waals surface area contributed by atoms with Crippen LogP contribution in [0.5, 0.6) is 0 Å². The molecule has 0 aliphatic carbocycles. The summed E-state index contributed by atoms with van der Waals surface area (Å²) in [5.41, 5.74) is 7.64. The maximum atomic E-state index is 12.5. The van der Waals surface area contributed by atoms with E-state index in [0.29, 0.717) is 11.3 Å². The number of carbonyl (C=O) groups excluding carboxylic acids is 1. The topological polar surface area (TPSA) is 179 Å². The van der Waals surface area contributed by atoms with Crippen LogP contribution in [0.3, 0.4) is 0 Å². The van der Waals surface area contributed by atoms with E-state index in [1.165, 1.54) is 6.07 Å². The first-order valence-corrected chi connectivity index (χ1v) is 10.6. The summed E-state index contributed by atoms with van der Waals surface area (Å²) in [5.74, 6) is -1.12. The number of sulfonamides is 1. The largest absolute Gasteiger partial charge is 0.368 e. The highest BCUT2D eigenvalue weighted by molar-refractivity contribution is 7.91. The fraction of sp³-hybridized carbons (Fsp3) is 0.278. The molecule has 1 aromatic heterocycles. The van der Waals surface area contributed by atoms with Gasteiger partial charge < -0.3 is 16.0 Å². The van der Waals surface area contributed by atoms with Gasteiger partial charge in [-0.2, -0.15) is 0 Å². The van der Waals surface area contributed by atoms with E-state index in [1.807, 2.05) is 0 Å². The minimum Gasteiger partial charge on any atom is -0.368 e. The summed E-state index contributed by atoms with van der Waals surface area (Å²) in [4.78, 5) is 31.9. The summed E-state index contributed by atoms with van der Waals surface area (Å²) in [6.45, 7) is 1.80. The van der Waals surface area contributed by atoms with Gasteiger partial charge >= 0.3 is 0 Å². The van der Waals surface area contributed by atoms with Crippen molar-refractivity contribution in [3.8, 4) is 0 Å². The first-order chi connectivity index (χ1) is 14.2. The molecular formula is C18H24N6O5S. The zero-order valence-electron chi connectivity index (χ0n) is 16.3.